The van der Waals surface area contributed by atoms with Crippen molar-refractivity contribution in [3.8, 4) is 11.5 Å². The summed E-state index contributed by atoms with van der Waals surface area (Å²) in [4.78, 5) is 18.4. The van der Waals surface area contributed by atoms with Crippen LogP contribution >= 0.6 is 11.3 Å². The predicted octanol–water partition coefficient (Wildman–Crippen LogP) is 3.76. The first-order chi connectivity index (χ1) is 11.9. The van der Waals surface area contributed by atoms with E-state index in [1.165, 1.54) is 11.3 Å². The van der Waals surface area contributed by atoms with E-state index in [1.54, 1.807) is 32.4 Å². The third-order valence-electron chi connectivity index (χ3n) is 3.84. The number of aromatic nitrogens is 1. The van der Waals surface area contributed by atoms with Crippen LogP contribution in [0, 0.1) is 13.8 Å². The third kappa shape index (κ3) is 3.23. The molecular formula is C18H19N3O3S. The van der Waals surface area contributed by atoms with Gasteiger partial charge in [0.15, 0.2) is 0 Å². The van der Waals surface area contributed by atoms with Gasteiger partial charge >= 0.3 is 0 Å². The Morgan fingerprint density at radius 3 is 2.36 bits per heavy atom. The molecule has 0 spiro atoms. The number of anilines is 2. The minimum atomic E-state index is -0.284. The molecule has 3 rings (SSSR count). The number of fused-ring (bicyclic) bond motifs is 1. The first kappa shape index (κ1) is 17.0. The summed E-state index contributed by atoms with van der Waals surface area (Å²) in [7, 11) is 3.11. The molecule has 7 heteroatoms. The van der Waals surface area contributed by atoms with Gasteiger partial charge in [0.05, 0.1) is 19.9 Å². The molecule has 0 fully saturated rings. The number of methoxy groups -OCH3 is 2. The molecule has 0 aliphatic rings. The standard InChI is InChI=1S/C18H19N3O3S/c1-9-5-10(2)20-18-14(9)15(19)16(25-18)17(22)21-11-6-12(23-3)8-13(7-11)24-4/h5-8H,19H2,1-4H3,(H,21,22). The number of nitrogen functional groups attached to an aromatic ring is 1. The van der Waals surface area contributed by atoms with Crippen LogP contribution in [-0.4, -0.2) is 25.1 Å². The number of hydrogen-bond acceptors (Lipinski definition) is 6. The Labute approximate surface area is 149 Å². The maximum absolute atomic E-state index is 12.7. The molecule has 2 heterocycles. The fraction of sp³-hybridized carbons (Fsp3) is 0.222. The summed E-state index contributed by atoms with van der Waals surface area (Å²) in [6.45, 7) is 3.89. The van der Waals surface area contributed by atoms with Gasteiger partial charge in [-0.2, -0.15) is 0 Å². The molecule has 130 valence electrons. The Morgan fingerprint density at radius 1 is 1.12 bits per heavy atom. The monoisotopic (exact) mass is 357 g/mol. The summed E-state index contributed by atoms with van der Waals surface area (Å²) in [5.41, 5.74) is 9.15. The zero-order valence-electron chi connectivity index (χ0n) is 14.5. The summed E-state index contributed by atoms with van der Waals surface area (Å²) in [5, 5.41) is 3.68. The van der Waals surface area contributed by atoms with Crippen LogP contribution in [0.3, 0.4) is 0 Å². The van der Waals surface area contributed by atoms with Crippen LogP contribution in [0.25, 0.3) is 10.2 Å². The molecule has 3 aromatic rings. The maximum atomic E-state index is 12.7. The predicted molar refractivity (Wildman–Crippen MR) is 101 cm³/mol. The van der Waals surface area contributed by atoms with E-state index in [-0.39, 0.29) is 5.91 Å². The Morgan fingerprint density at radius 2 is 1.76 bits per heavy atom. The van der Waals surface area contributed by atoms with Crippen molar-refractivity contribution >= 4 is 38.8 Å². The van der Waals surface area contributed by atoms with Gasteiger partial charge < -0.3 is 20.5 Å². The summed E-state index contributed by atoms with van der Waals surface area (Å²) in [5.74, 6) is 0.895. The van der Waals surface area contributed by atoms with Crippen LogP contribution in [0.15, 0.2) is 24.3 Å². The van der Waals surface area contributed by atoms with Crippen molar-refractivity contribution in [2.75, 3.05) is 25.3 Å². The maximum Gasteiger partial charge on any atom is 0.267 e. The average molecular weight is 357 g/mol. The molecule has 0 aliphatic heterocycles. The second kappa shape index (κ2) is 6.60. The quantitative estimate of drug-likeness (QED) is 0.742. The van der Waals surface area contributed by atoms with Gasteiger partial charge in [0.2, 0.25) is 0 Å². The van der Waals surface area contributed by atoms with E-state index in [9.17, 15) is 4.79 Å². The van der Waals surface area contributed by atoms with Gasteiger partial charge in [-0.3, -0.25) is 4.79 Å². The lowest BCUT2D eigenvalue weighted by atomic mass is 10.1. The third-order valence-corrected chi connectivity index (χ3v) is 4.94. The van der Waals surface area contributed by atoms with Crippen LogP contribution in [-0.2, 0) is 0 Å². The summed E-state index contributed by atoms with van der Waals surface area (Å²) >= 11 is 1.29. The van der Waals surface area contributed by atoms with Crippen molar-refractivity contribution < 1.29 is 14.3 Å². The van der Waals surface area contributed by atoms with E-state index in [1.807, 2.05) is 19.9 Å². The number of nitrogens with zero attached hydrogens (tertiary/aromatic N) is 1. The lowest BCUT2D eigenvalue weighted by molar-refractivity contribution is 0.103. The molecular weight excluding hydrogens is 338 g/mol. The average Bonchev–Trinajstić information content (AvgIpc) is 2.91. The molecule has 0 radical (unpaired) electrons. The second-order valence-electron chi connectivity index (χ2n) is 5.66. The lowest BCUT2D eigenvalue weighted by Gasteiger charge is -2.09. The van der Waals surface area contributed by atoms with Gasteiger partial charge in [0, 0.05) is 35.0 Å². The number of ether oxygens (including phenoxy) is 2. The van der Waals surface area contributed by atoms with Crippen molar-refractivity contribution in [1.29, 1.82) is 0 Å². The first-order valence-corrected chi connectivity index (χ1v) is 8.45. The van der Waals surface area contributed by atoms with Crippen molar-refractivity contribution in [3.05, 3.63) is 40.4 Å². The van der Waals surface area contributed by atoms with Crippen LogP contribution in [0.2, 0.25) is 0 Å². The number of pyridine rings is 1. The number of amides is 1. The SMILES string of the molecule is COc1cc(NC(=O)c2sc3nc(C)cc(C)c3c2N)cc(OC)c1. The van der Waals surface area contributed by atoms with Crippen molar-refractivity contribution in [1.82, 2.24) is 4.98 Å². The Kier molecular flexibility index (Phi) is 4.50. The Balaban J connectivity index is 1.98. The Bertz CT molecular complexity index is 944. The molecule has 25 heavy (non-hydrogen) atoms. The van der Waals surface area contributed by atoms with Gasteiger partial charge in [-0.1, -0.05) is 0 Å². The zero-order chi connectivity index (χ0) is 18.1. The first-order valence-electron chi connectivity index (χ1n) is 7.63. The fourth-order valence-electron chi connectivity index (χ4n) is 2.71. The van der Waals surface area contributed by atoms with Crippen molar-refractivity contribution in [3.63, 3.8) is 0 Å². The van der Waals surface area contributed by atoms with Crippen LogP contribution in [0.1, 0.15) is 20.9 Å². The number of rotatable bonds is 4. The number of carbonyl (C=O) groups excluding carboxylic acids is 1. The number of hydrogen-bond donors (Lipinski definition) is 2. The van der Waals surface area contributed by atoms with E-state index in [0.717, 1.165) is 21.5 Å². The summed E-state index contributed by atoms with van der Waals surface area (Å²) in [6, 6.07) is 7.13. The molecule has 0 aliphatic carbocycles. The van der Waals surface area contributed by atoms with Crippen LogP contribution < -0.4 is 20.5 Å². The molecule has 0 saturated heterocycles. The van der Waals surface area contributed by atoms with Crippen LogP contribution in [0.5, 0.6) is 11.5 Å². The molecule has 3 N–H and O–H groups in total. The molecule has 0 bridgehead atoms. The molecule has 0 unspecified atom stereocenters. The van der Waals surface area contributed by atoms with E-state index in [2.05, 4.69) is 10.3 Å². The zero-order valence-corrected chi connectivity index (χ0v) is 15.3. The van der Waals surface area contributed by atoms with Crippen LogP contribution in [0.4, 0.5) is 11.4 Å². The second-order valence-corrected chi connectivity index (χ2v) is 6.66. The lowest BCUT2D eigenvalue weighted by Crippen LogP contribution is -2.12. The molecule has 6 nitrogen and oxygen atoms in total. The normalized spacial score (nSPS) is 10.7. The minimum absolute atomic E-state index is 0.284. The smallest absolute Gasteiger partial charge is 0.267 e. The van der Waals surface area contributed by atoms with Gasteiger partial charge in [0.25, 0.3) is 5.91 Å². The highest BCUT2D eigenvalue weighted by atomic mass is 32.1. The molecule has 0 saturated carbocycles. The molecule has 0 atom stereocenters. The highest BCUT2D eigenvalue weighted by molar-refractivity contribution is 7.21. The van der Waals surface area contributed by atoms with E-state index in [0.29, 0.717) is 27.8 Å². The van der Waals surface area contributed by atoms with Gasteiger partial charge in [-0.05, 0) is 25.5 Å². The van der Waals surface area contributed by atoms with E-state index < -0.39 is 0 Å². The number of nitrogens with one attached hydrogen (secondary N) is 1. The summed E-state index contributed by atoms with van der Waals surface area (Å²) < 4.78 is 10.4. The molecule has 1 aromatic carbocycles. The minimum Gasteiger partial charge on any atom is -0.497 e. The highest BCUT2D eigenvalue weighted by Crippen LogP contribution is 2.35. The number of aryl methyl sites for hydroxylation is 2. The van der Waals surface area contributed by atoms with Gasteiger partial charge in [-0.15, -0.1) is 11.3 Å². The highest BCUT2D eigenvalue weighted by Gasteiger charge is 2.19. The fourth-order valence-corrected chi connectivity index (χ4v) is 3.82. The van der Waals surface area contributed by atoms with Crippen molar-refractivity contribution in [2.45, 2.75) is 13.8 Å². The van der Waals surface area contributed by atoms with E-state index in [4.69, 9.17) is 15.2 Å². The largest absolute Gasteiger partial charge is 0.497 e. The molecule has 2 aromatic heterocycles. The number of benzene rings is 1. The topological polar surface area (TPSA) is 86.5 Å². The summed E-state index contributed by atoms with van der Waals surface area (Å²) in [6.07, 6.45) is 0. The number of carbonyl (C=O) groups is 1. The van der Waals surface area contributed by atoms with Gasteiger partial charge in [0.1, 0.15) is 21.2 Å². The molecule has 1 amide bonds. The van der Waals surface area contributed by atoms with Crippen molar-refractivity contribution in [2.24, 2.45) is 0 Å². The van der Waals surface area contributed by atoms with E-state index >= 15 is 0 Å². The Hall–Kier alpha value is -2.80. The number of nitrogens with two attached hydrogens (primary N) is 1. The van der Waals surface area contributed by atoms with Gasteiger partial charge in [-0.25, -0.2) is 4.98 Å². The number of thiophene rings is 1.